The monoisotopic (exact) mass is 187 g/mol. The summed E-state index contributed by atoms with van der Waals surface area (Å²) in [6, 6.07) is -0.169. The molecular formula is C7H10ClN3O. The number of imidazole rings is 1. The number of aromatic nitrogens is 2. The number of alkyl halides is 1. The molecule has 0 aliphatic carbocycles. The molecule has 1 rings (SSSR count). The van der Waals surface area contributed by atoms with E-state index in [0.717, 1.165) is 6.42 Å². The van der Waals surface area contributed by atoms with Crippen LogP contribution in [0.15, 0.2) is 18.7 Å². The van der Waals surface area contributed by atoms with Crippen molar-refractivity contribution >= 4 is 17.6 Å². The van der Waals surface area contributed by atoms with Crippen LogP contribution in [0.2, 0.25) is 0 Å². The first kappa shape index (κ1) is 9.06. The molecule has 0 fully saturated rings. The first-order chi connectivity index (χ1) is 5.84. The van der Waals surface area contributed by atoms with Crippen LogP contribution in [0.3, 0.4) is 0 Å². The highest BCUT2D eigenvalue weighted by molar-refractivity contribution is 6.17. The van der Waals surface area contributed by atoms with Gasteiger partial charge in [-0.15, -0.1) is 11.6 Å². The molecule has 0 radical (unpaired) electrons. The van der Waals surface area contributed by atoms with E-state index >= 15 is 0 Å². The van der Waals surface area contributed by atoms with E-state index in [1.807, 2.05) is 0 Å². The Labute approximate surface area is 75.5 Å². The van der Waals surface area contributed by atoms with Crippen molar-refractivity contribution in [3.8, 4) is 0 Å². The van der Waals surface area contributed by atoms with E-state index in [-0.39, 0.29) is 6.03 Å². The summed E-state index contributed by atoms with van der Waals surface area (Å²) in [6.07, 6.45) is 5.38. The Kier molecular flexibility index (Phi) is 3.60. The summed E-state index contributed by atoms with van der Waals surface area (Å²) < 4.78 is 1.38. The molecule has 1 aromatic heterocycles. The summed E-state index contributed by atoms with van der Waals surface area (Å²) in [5, 5.41) is 2.69. The minimum atomic E-state index is -0.169. The SMILES string of the molecule is O=C(NCCCCl)n1ccnc1. The van der Waals surface area contributed by atoms with Crippen LogP contribution < -0.4 is 5.32 Å². The van der Waals surface area contributed by atoms with E-state index in [2.05, 4.69) is 10.3 Å². The van der Waals surface area contributed by atoms with Gasteiger partial charge in [0.1, 0.15) is 6.33 Å². The van der Waals surface area contributed by atoms with E-state index < -0.39 is 0 Å². The molecule has 12 heavy (non-hydrogen) atoms. The molecule has 66 valence electrons. The number of carbonyl (C=O) groups is 1. The molecule has 4 nitrogen and oxygen atoms in total. The second-order valence-electron chi connectivity index (χ2n) is 2.24. The van der Waals surface area contributed by atoms with Crippen LogP contribution >= 0.6 is 11.6 Å². The van der Waals surface area contributed by atoms with Crippen molar-refractivity contribution in [1.82, 2.24) is 14.9 Å². The number of halogens is 1. The minimum absolute atomic E-state index is 0.169. The quantitative estimate of drug-likeness (QED) is 0.569. The average Bonchev–Trinajstić information content (AvgIpc) is 2.56. The van der Waals surface area contributed by atoms with Gasteiger partial charge < -0.3 is 5.32 Å². The van der Waals surface area contributed by atoms with Gasteiger partial charge >= 0.3 is 6.03 Å². The molecule has 0 atom stereocenters. The van der Waals surface area contributed by atoms with Gasteiger partial charge in [-0.1, -0.05) is 0 Å². The van der Waals surface area contributed by atoms with Crippen molar-refractivity contribution in [3.63, 3.8) is 0 Å². The number of amides is 1. The molecule has 0 aliphatic heterocycles. The largest absolute Gasteiger partial charge is 0.337 e. The van der Waals surface area contributed by atoms with Crippen LogP contribution in [-0.2, 0) is 0 Å². The zero-order chi connectivity index (χ0) is 8.81. The van der Waals surface area contributed by atoms with Crippen molar-refractivity contribution in [2.24, 2.45) is 0 Å². The first-order valence-electron chi connectivity index (χ1n) is 3.66. The Bertz CT molecular complexity index is 235. The number of carbonyl (C=O) groups excluding carboxylic acids is 1. The van der Waals surface area contributed by atoms with Gasteiger partial charge in [0.2, 0.25) is 0 Å². The average molecular weight is 188 g/mol. The third-order valence-electron chi connectivity index (χ3n) is 1.33. The van der Waals surface area contributed by atoms with Crippen LogP contribution in [0.5, 0.6) is 0 Å². The highest BCUT2D eigenvalue weighted by Gasteiger charge is 1.99. The first-order valence-corrected chi connectivity index (χ1v) is 4.20. The molecule has 0 saturated carbocycles. The van der Waals surface area contributed by atoms with Crippen LogP contribution in [-0.4, -0.2) is 28.0 Å². The third-order valence-corrected chi connectivity index (χ3v) is 1.59. The standard InChI is InChI=1S/C7H10ClN3O/c8-2-1-3-10-7(12)11-5-4-9-6-11/h4-6H,1-3H2,(H,10,12). The number of nitrogens with one attached hydrogen (secondary N) is 1. The molecule has 1 amide bonds. The molecule has 1 aromatic rings. The fraction of sp³-hybridized carbons (Fsp3) is 0.429. The minimum Gasteiger partial charge on any atom is -0.337 e. The summed E-state index contributed by atoms with van der Waals surface area (Å²) >= 11 is 5.44. The Morgan fingerprint density at radius 3 is 3.08 bits per heavy atom. The van der Waals surface area contributed by atoms with Gasteiger partial charge in [0.15, 0.2) is 0 Å². The molecule has 1 N–H and O–H groups in total. The number of nitrogens with zero attached hydrogens (tertiary/aromatic N) is 2. The van der Waals surface area contributed by atoms with Gasteiger partial charge in [-0.25, -0.2) is 9.78 Å². The van der Waals surface area contributed by atoms with Gasteiger partial charge in [-0.3, -0.25) is 4.57 Å². The predicted molar refractivity (Wildman–Crippen MR) is 46.4 cm³/mol. The maximum absolute atomic E-state index is 11.1. The van der Waals surface area contributed by atoms with Crippen LogP contribution in [0.1, 0.15) is 6.42 Å². The summed E-state index contributed by atoms with van der Waals surface area (Å²) in [5.74, 6) is 0.560. The maximum Gasteiger partial charge on any atom is 0.326 e. The Hall–Kier alpha value is -1.03. The highest BCUT2D eigenvalue weighted by Crippen LogP contribution is 1.86. The lowest BCUT2D eigenvalue weighted by Crippen LogP contribution is -2.28. The molecule has 0 bridgehead atoms. The summed E-state index contributed by atoms with van der Waals surface area (Å²) in [4.78, 5) is 14.9. The topological polar surface area (TPSA) is 46.9 Å². The second kappa shape index (κ2) is 4.77. The van der Waals surface area contributed by atoms with Crippen molar-refractivity contribution in [3.05, 3.63) is 18.7 Å². The fourth-order valence-electron chi connectivity index (χ4n) is 0.733. The molecule has 0 unspecified atom stereocenters. The van der Waals surface area contributed by atoms with E-state index in [1.54, 1.807) is 12.4 Å². The Morgan fingerprint density at radius 2 is 2.50 bits per heavy atom. The van der Waals surface area contributed by atoms with Crippen LogP contribution in [0.25, 0.3) is 0 Å². The smallest absolute Gasteiger partial charge is 0.326 e. The lowest BCUT2D eigenvalue weighted by Gasteiger charge is -2.02. The van der Waals surface area contributed by atoms with E-state index in [4.69, 9.17) is 11.6 Å². The number of hydrogen-bond donors (Lipinski definition) is 1. The van der Waals surface area contributed by atoms with E-state index in [0.29, 0.717) is 12.4 Å². The lowest BCUT2D eigenvalue weighted by molar-refractivity contribution is 0.242. The van der Waals surface area contributed by atoms with Crippen molar-refractivity contribution < 1.29 is 4.79 Å². The molecule has 0 spiro atoms. The molecule has 0 aliphatic rings. The number of hydrogen-bond acceptors (Lipinski definition) is 2. The zero-order valence-corrected chi connectivity index (χ0v) is 7.29. The van der Waals surface area contributed by atoms with Crippen molar-refractivity contribution in [1.29, 1.82) is 0 Å². The predicted octanol–water partition coefficient (Wildman–Crippen LogP) is 1.07. The molecule has 5 heteroatoms. The van der Waals surface area contributed by atoms with Gasteiger partial charge in [-0.05, 0) is 6.42 Å². The van der Waals surface area contributed by atoms with Gasteiger partial charge in [-0.2, -0.15) is 0 Å². The van der Waals surface area contributed by atoms with Crippen LogP contribution in [0, 0.1) is 0 Å². The van der Waals surface area contributed by atoms with E-state index in [1.165, 1.54) is 10.9 Å². The Morgan fingerprint density at radius 1 is 1.67 bits per heavy atom. The second-order valence-corrected chi connectivity index (χ2v) is 2.62. The fourth-order valence-corrected chi connectivity index (χ4v) is 0.866. The maximum atomic E-state index is 11.1. The summed E-state index contributed by atoms with van der Waals surface area (Å²) in [6.45, 7) is 0.598. The van der Waals surface area contributed by atoms with Gasteiger partial charge in [0, 0.05) is 24.8 Å². The summed E-state index contributed by atoms with van der Waals surface area (Å²) in [7, 11) is 0. The van der Waals surface area contributed by atoms with Crippen LogP contribution in [0.4, 0.5) is 4.79 Å². The van der Waals surface area contributed by atoms with E-state index in [9.17, 15) is 4.79 Å². The molecular weight excluding hydrogens is 178 g/mol. The molecule has 1 heterocycles. The third kappa shape index (κ3) is 2.54. The van der Waals surface area contributed by atoms with Gasteiger partial charge in [0.25, 0.3) is 0 Å². The molecule has 0 aromatic carbocycles. The number of rotatable bonds is 3. The normalized spacial score (nSPS) is 9.75. The summed E-state index contributed by atoms with van der Waals surface area (Å²) in [5.41, 5.74) is 0. The lowest BCUT2D eigenvalue weighted by atomic mass is 10.5. The van der Waals surface area contributed by atoms with Gasteiger partial charge in [0.05, 0.1) is 0 Å². The van der Waals surface area contributed by atoms with Crippen molar-refractivity contribution in [2.45, 2.75) is 6.42 Å². The molecule has 0 saturated heterocycles. The highest BCUT2D eigenvalue weighted by atomic mass is 35.5. The van der Waals surface area contributed by atoms with Crippen molar-refractivity contribution in [2.75, 3.05) is 12.4 Å². The Balaban J connectivity index is 2.30. The zero-order valence-electron chi connectivity index (χ0n) is 6.53.